The van der Waals surface area contributed by atoms with Crippen molar-refractivity contribution in [3.05, 3.63) is 30.2 Å². The number of alkyl halides is 1. The lowest BCUT2D eigenvalue weighted by atomic mass is 9.73. The molecule has 3 saturated heterocycles. The highest BCUT2D eigenvalue weighted by Gasteiger charge is 2.56. The number of Topliss-reactive ketones (excluding diaryl/α,β-unsaturated/α-hetero) is 1. The predicted molar refractivity (Wildman–Crippen MR) is 228 cm³/mol. The molecule has 2 aromatic rings. The topological polar surface area (TPSA) is 240 Å². The monoisotopic (exact) mass is 888 g/mol. The van der Waals surface area contributed by atoms with E-state index in [0.717, 1.165) is 6.92 Å². The van der Waals surface area contributed by atoms with Crippen molar-refractivity contribution in [1.82, 2.24) is 14.9 Å². The highest BCUT2D eigenvalue weighted by atomic mass is 19.1. The van der Waals surface area contributed by atoms with Crippen LogP contribution in [0.2, 0.25) is 0 Å². The number of halogens is 1. The fourth-order valence-electron chi connectivity index (χ4n) is 8.90. The molecule has 0 aromatic carbocycles. The minimum atomic E-state index is -3.24. The molecule has 3 unspecified atom stereocenters. The molecule has 2 bridgehead atoms. The van der Waals surface area contributed by atoms with Crippen molar-refractivity contribution in [1.29, 1.82) is 0 Å². The first-order valence-corrected chi connectivity index (χ1v) is 21.6. The smallest absolute Gasteiger partial charge is 0.351 e. The third-order valence-corrected chi connectivity index (χ3v) is 12.4. The lowest BCUT2D eigenvalue weighted by Gasteiger charge is -2.47. The summed E-state index contributed by atoms with van der Waals surface area (Å²) in [5, 5.41) is 28.5. The molecule has 19 heteroatoms. The van der Waals surface area contributed by atoms with Gasteiger partial charge in [-0.2, -0.15) is 0 Å². The first-order valence-electron chi connectivity index (χ1n) is 21.6. The molecule has 3 aliphatic rings. The van der Waals surface area contributed by atoms with Gasteiger partial charge in [0.05, 0.1) is 37.1 Å². The predicted octanol–water partition coefficient (Wildman–Crippen LogP) is 4.24. The number of aliphatic hydroxyl groups is 2. The second-order valence-corrected chi connectivity index (χ2v) is 17.8. The number of carbonyl (C=O) groups excluding carboxylic acids is 3. The number of nitrogens with zero attached hydrogens (tertiary/aromatic N) is 5. The Kier molecular flexibility index (Phi) is 16.0. The van der Waals surface area contributed by atoms with Crippen molar-refractivity contribution < 1.29 is 61.9 Å². The van der Waals surface area contributed by atoms with Crippen LogP contribution in [0.4, 0.5) is 10.2 Å². The van der Waals surface area contributed by atoms with E-state index in [1.54, 1.807) is 45.9 Å². The largest absolute Gasteiger partial charge is 0.457 e. The molecule has 4 N–H and O–H groups in total. The molecule has 63 heavy (non-hydrogen) atoms. The third kappa shape index (κ3) is 11.2. The van der Waals surface area contributed by atoms with E-state index in [1.165, 1.54) is 20.1 Å². The van der Waals surface area contributed by atoms with Gasteiger partial charge in [0.1, 0.15) is 47.0 Å². The van der Waals surface area contributed by atoms with Crippen molar-refractivity contribution >= 4 is 34.9 Å². The molecule has 0 radical (unpaired) electrons. The number of hydrogen-bond acceptors (Lipinski definition) is 17. The standard InChI is InChI=1S/C44H65FN6O12/c1-12-31-44(9,56)38-25(5)34(49-33(52)13-2)23(3)18-42(7,59-21-28(20-57-38)50-60-22-27-19-58-39(47-27)29-15-14-16-32(46)48-29)37(26(6)36(54)43(8,45)41(55)62-31)63-40-35(53)30(51(10)11)17-24(4)61-40/h14-16,19,23-26,30-31,35,37-38,40,53,56H,12-13,17-18,20-22H2,1-11H3,(H2,46,48)/b49-34?,50-28+/t23-,24-,25+,26+,30+,31-,35-,37-,38-,40+,42?,43?,44?/m1/s1. The third-order valence-electron chi connectivity index (χ3n) is 12.4. The second kappa shape index (κ2) is 20.3. The number of aliphatic imine (C=N–C) groups is 1. The summed E-state index contributed by atoms with van der Waals surface area (Å²) in [7, 11) is 3.62. The molecule has 1 amide bonds. The van der Waals surface area contributed by atoms with Gasteiger partial charge in [0.2, 0.25) is 11.8 Å². The second-order valence-electron chi connectivity index (χ2n) is 17.8. The number of likely N-dealkylation sites (N-methyl/N-ethyl adjacent to an activating group) is 1. The number of esters is 1. The Bertz CT molecular complexity index is 1990. The van der Waals surface area contributed by atoms with E-state index in [1.807, 2.05) is 32.8 Å². The molecule has 0 saturated carbocycles. The number of pyridine rings is 1. The SMILES string of the molecule is CCC(=O)N=C1[C@H](C)CC2(C)OC/C(=N/OCc3coc(-c4cccc(N)n4)n3)CO[C@H]([C@H]1C)C(C)(O)[C@@H](CC)OC(=O)C(C)(F)C(=O)[C@H](C)[C@H]2O[C@@H]1O[C@H](C)C[C@H](N(C)C)[C@H]1O. The first-order chi connectivity index (χ1) is 29.5. The molecule has 3 fully saturated rings. The lowest BCUT2D eigenvalue weighted by Crippen LogP contribution is -2.61. The number of carbonyl (C=O) groups is 3. The van der Waals surface area contributed by atoms with E-state index >= 15 is 4.39 Å². The van der Waals surface area contributed by atoms with Crippen LogP contribution in [0.25, 0.3) is 11.6 Å². The number of aliphatic hydroxyl groups excluding tert-OH is 1. The molecular formula is C44H65FN6O12. The summed E-state index contributed by atoms with van der Waals surface area (Å²) in [4.78, 5) is 62.4. The van der Waals surface area contributed by atoms with Crippen LogP contribution in [-0.2, 0) is 49.5 Å². The number of anilines is 1. The van der Waals surface area contributed by atoms with E-state index in [2.05, 4.69) is 20.1 Å². The Labute approximate surface area is 368 Å². The summed E-state index contributed by atoms with van der Waals surface area (Å²) >= 11 is 0. The van der Waals surface area contributed by atoms with E-state index < -0.39 is 95.1 Å². The average Bonchev–Trinajstić information content (AvgIpc) is 3.70. The zero-order valence-electron chi connectivity index (χ0n) is 38.2. The lowest BCUT2D eigenvalue weighted by molar-refractivity contribution is -0.296. The van der Waals surface area contributed by atoms with Crippen molar-refractivity contribution in [3.8, 4) is 11.6 Å². The number of cyclic esters (lactones) is 1. The molecule has 350 valence electrons. The van der Waals surface area contributed by atoms with Crippen LogP contribution < -0.4 is 5.73 Å². The summed E-state index contributed by atoms with van der Waals surface area (Å²) in [5.74, 6) is -5.62. The number of oxime groups is 1. The van der Waals surface area contributed by atoms with Crippen LogP contribution in [0.5, 0.6) is 0 Å². The Morgan fingerprint density at radius 3 is 2.44 bits per heavy atom. The summed E-state index contributed by atoms with van der Waals surface area (Å²) in [5.41, 5.74) is 0.191. The fourth-order valence-corrected chi connectivity index (χ4v) is 8.90. The summed E-state index contributed by atoms with van der Waals surface area (Å²) < 4.78 is 54.5. The average molecular weight is 889 g/mol. The Balaban J connectivity index is 1.67. The number of nitrogens with two attached hydrogens (primary N) is 1. The number of amides is 1. The highest BCUT2D eigenvalue weighted by molar-refractivity contribution is 6.08. The van der Waals surface area contributed by atoms with E-state index in [4.69, 9.17) is 38.7 Å². The van der Waals surface area contributed by atoms with Gasteiger partial charge in [-0.3, -0.25) is 9.59 Å². The van der Waals surface area contributed by atoms with Gasteiger partial charge in [0.15, 0.2) is 18.7 Å². The van der Waals surface area contributed by atoms with Gasteiger partial charge >= 0.3 is 5.97 Å². The van der Waals surface area contributed by atoms with Gasteiger partial charge in [0.25, 0.3) is 5.67 Å². The Hall–Kier alpha value is -4.24. The number of fused-ring (bicyclic) bond motifs is 5. The molecule has 13 atom stereocenters. The van der Waals surface area contributed by atoms with Crippen molar-refractivity contribution in [2.24, 2.45) is 27.9 Å². The quantitative estimate of drug-likeness (QED) is 0.181. The summed E-state index contributed by atoms with van der Waals surface area (Å²) in [6.45, 7) is 13.1. The van der Waals surface area contributed by atoms with Gasteiger partial charge in [-0.15, -0.1) is 0 Å². The summed E-state index contributed by atoms with van der Waals surface area (Å²) in [6.07, 6.45) is -5.20. The van der Waals surface area contributed by atoms with Crippen molar-refractivity contribution in [3.63, 3.8) is 0 Å². The van der Waals surface area contributed by atoms with Crippen LogP contribution >= 0.6 is 0 Å². The zero-order valence-corrected chi connectivity index (χ0v) is 38.2. The maximum absolute atomic E-state index is 16.9. The minimum absolute atomic E-state index is 0.0155. The van der Waals surface area contributed by atoms with Gasteiger partial charge in [-0.1, -0.05) is 45.8 Å². The fraction of sp³-hybridized carbons (Fsp3) is 0.705. The number of hydrogen-bond donors (Lipinski definition) is 3. The van der Waals surface area contributed by atoms with Crippen LogP contribution in [0, 0.1) is 17.8 Å². The van der Waals surface area contributed by atoms with Gasteiger partial charge in [-0.25, -0.2) is 24.1 Å². The molecular weight excluding hydrogens is 824 g/mol. The first kappa shape index (κ1) is 49.8. The zero-order chi connectivity index (χ0) is 46.6. The van der Waals surface area contributed by atoms with Crippen LogP contribution in [0.1, 0.15) is 93.7 Å². The van der Waals surface area contributed by atoms with Crippen molar-refractivity contribution in [2.75, 3.05) is 33.0 Å². The minimum Gasteiger partial charge on any atom is -0.457 e. The number of aromatic nitrogens is 2. The number of nitrogen functional groups attached to an aromatic ring is 1. The Morgan fingerprint density at radius 1 is 1.08 bits per heavy atom. The maximum atomic E-state index is 16.9. The van der Waals surface area contributed by atoms with E-state index in [-0.39, 0.29) is 56.5 Å². The van der Waals surface area contributed by atoms with E-state index in [0.29, 0.717) is 23.5 Å². The molecule has 0 spiro atoms. The van der Waals surface area contributed by atoms with Crippen molar-refractivity contribution in [2.45, 2.75) is 154 Å². The highest BCUT2D eigenvalue weighted by Crippen LogP contribution is 2.41. The van der Waals surface area contributed by atoms with Crippen LogP contribution in [0.3, 0.4) is 0 Å². The van der Waals surface area contributed by atoms with Crippen LogP contribution in [0.15, 0.2) is 39.0 Å². The molecule has 0 aliphatic carbocycles. The Morgan fingerprint density at radius 2 is 1.79 bits per heavy atom. The van der Waals surface area contributed by atoms with Gasteiger partial charge in [-0.05, 0) is 79.1 Å². The van der Waals surface area contributed by atoms with Crippen LogP contribution in [-0.4, -0.2) is 141 Å². The normalized spacial score (nSPS) is 37.6. The molecule has 5 heterocycles. The molecule has 3 aliphatic heterocycles. The van der Waals surface area contributed by atoms with Gasteiger partial charge in [0, 0.05) is 30.0 Å². The number of ketones is 1. The maximum Gasteiger partial charge on any atom is 0.351 e. The van der Waals surface area contributed by atoms with Gasteiger partial charge < -0.3 is 53.8 Å². The molecule has 18 nitrogen and oxygen atoms in total. The number of rotatable bonds is 9. The number of oxazole rings is 1. The van der Waals surface area contributed by atoms with E-state index in [9.17, 15) is 24.6 Å². The molecule has 5 rings (SSSR count). The molecule has 2 aromatic heterocycles. The summed E-state index contributed by atoms with van der Waals surface area (Å²) in [6, 6.07) is 4.62. The number of ether oxygens (including phenoxy) is 5.